The zero-order chi connectivity index (χ0) is 23.6. The van der Waals surface area contributed by atoms with Gasteiger partial charge in [-0.1, -0.05) is 0 Å². The topological polar surface area (TPSA) is 165 Å². The second kappa shape index (κ2) is 9.00. The molecule has 14 heteroatoms. The minimum Gasteiger partial charge on any atom is -0.370 e. The lowest BCUT2D eigenvalue weighted by Crippen LogP contribution is -2.49. The molecule has 3 rings (SSSR count). The van der Waals surface area contributed by atoms with Crippen LogP contribution in [0.1, 0.15) is 18.2 Å². The van der Waals surface area contributed by atoms with Crippen LogP contribution in [0.5, 0.6) is 0 Å². The second-order valence-electron chi connectivity index (χ2n) is 7.22. The number of anilines is 2. The first-order valence-corrected chi connectivity index (χ1v) is 11.3. The molecule has 0 saturated carbocycles. The Labute approximate surface area is 184 Å². The van der Waals surface area contributed by atoms with Crippen LogP contribution >= 0.6 is 0 Å². The van der Waals surface area contributed by atoms with Crippen LogP contribution in [-0.2, 0) is 10.0 Å². The molecule has 0 bridgehead atoms. The quantitative estimate of drug-likeness (QED) is 0.471. The van der Waals surface area contributed by atoms with Gasteiger partial charge in [0.15, 0.2) is 0 Å². The van der Waals surface area contributed by atoms with Crippen molar-refractivity contribution in [1.82, 2.24) is 14.3 Å². The molecule has 1 aliphatic heterocycles. The van der Waals surface area contributed by atoms with Gasteiger partial charge in [-0.15, -0.1) is 0 Å². The highest BCUT2D eigenvalue weighted by atomic mass is 32.2. The molecule has 1 saturated heterocycles. The highest BCUT2D eigenvalue weighted by Gasteiger charge is 2.34. The van der Waals surface area contributed by atoms with Crippen molar-refractivity contribution in [3.05, 3.63) is 49.7 Å². The van der Waals surface area contributed by atoms with Crippen LogP contribution in [0.4, 0.5) is 23.1 Å². The van der Waals surface area contributed by atoms with Gasteiger partial charge in [-0.25, -0.2) is 13.4 Å². The molecule has 1 N–H and O–H groups in total. The van der Waals surface area contributed by atoms with Crippen LogP contribution < -0.4 is 10.2 Å². The SMILES string of the molecule is CCNc1cc(C)nc(N2CCN(S(=O)(=O)c3cc([N+](=O)[O-])c(C)c([N+](=O)[O-])c3)CC2)n1. The van der Waals surface area contributed by atoms with Crippen LogP contribution in [0.3, 0.4) is 0 Å². The van der Waals surface area contributed by atoms with Gasteiger partial charge in [0, 0.05) is 56.6 Å². The van der Waals surface area contributed by atoms with Gasteiger partial charge in [0.05, 0.1) is 14.7 Å². The normalized spacial score (nSPS) is 14.9. The minimum atomic E-state index is -4.18. The van der Waals surface area contributed by atoms with E-state index in [9.17, 15) is 28.6 Å². The van der Waals surface area contributed by atoms with E-state index in [-0.39, 0.29) is 18.7 Å². The summed E-state index contributed by atoms with van der Waals surface area (Å²) in [4.78, 5) is 31.2. The molecule has 0 radical (unpaired) electrons. The fourth-order valence-electron chi connectivity index (χ4n) is 3.43. The third-order valence-electron chi connectivity index (χ3n) is 5.08. The number of nitrogens with zero attached hydrogens (tertiary/aromatic N) is 6. The van der Waals surface area contributed by atoms with Crippen LogP contribution in [-0.4, -0.2) is 65.3 Å². The van der Waals surface area contributed by atoms with E-state index in [2.05, 4.69) is 15.3 Å². The molecule has 0 spiro atoms. The zero-order valence-electron chi connectivity index (χ0n) is 17.8. The highest BCUT2D eigenvalue weighted by Crippen LogP contribution is 2.33. The van der Waals surface area contributed by atoms with Crippen molar-refractivity contribution < 1.29 is 18.3 Å². The largest absolute Gasteiger partial charge is 0.370 e. The monoisotopic (exact) mass is 465 g/mol. The molecule has 1 fully saturated rings. The molecule has 2 heterocycles. The molecular formula is C18H23N7O6S. The Morgan fingerprint density at radius 3 is 2.06 bits per heavy atom. The second-order valence-corrected chi connectivity index (χ2v) is 9.15. The van der Waals surface area contributed by atoms with Gasteiger partial charge in [0.25, 0.3) is 11.4 Å². The molecule has 1 aromatic heterocycles. The van der Waals surface area contributed by atoms with Crippen LogP contribution in [0.15, 0.2) is 23.1 Å². The summed E-state index contributed by atoms with van der Waals surface area (Å²) in [5.74, 6) is 1.14. The lowest BCUT2D eigenvalue weighted by Gasteiger charge is -2.34. The Morgan fingerprint density at radius 2 is 1.56 bits per heavy atom. The Kier molecular flexibility index (Phi) is 6.55. The Balaban J connectivity index is 1.85. The molecule has 0 aliphatic carbocycles. The number of aryl methyl sites for hydroxylation is 1. The molecule has 13 nitrogen and oxygen atoms in total. The maximum atomic E-state index is 13.1. The van der Waals surface area contributed by atoms with E-state index in [4.69, 9.17) is 0 Å². The van der Waals surface area contributed by atoms with Gasteiger partial charge in [0.2, 0.25) is 16.0 Å². The number of hydrogen-bond acceptors (Lipinski definition) is 10. The first-order chi connectivity index (χ1) is 15.0. The fraction of sp³-hybridized carbons (Fsp3) is 0.444. The standard InChI is InChI=1S/C18H23N7O6S/c1-4-19-17-9-12(2)20-18(21-17)22-5-7-23(8-6-22)32(30,31)14-10-15(24(26)27)13(3)16(11-14)25(28)29/h9-11H,4-8H2,1-3H3,(H,19,20,21). The average Bonchev–Trinajstić information content (AvgIpc) is 2.73. The predicted molar refractivity (Wildman–Crippen MR) is 116 cm³/mol. The van der Waals surface area contributed by atoms with E-state index in [1.807, 2.05) is 24.8 Å². The van der Waals surface area contributed by atoms with Crippen molar-refractivity contribution in [3.8, 4) is 0 Å². The van der Waals surface area contributed by atoms with Gasteiger partial charge in [0.1, 0.15) is 11.4 Å². The molecule has 2 aromatic rings. The summed E-state index contributed by atoms with van der Waals surface area (Å²) >= 11 is 0. The Bertz CT molecular complexity index is 1130. The first kappa shape index (κ1) is 23.3. The number of piperazine rings is 1. The molecule has 172 valence electrons. The smallest absolute Gasteiger partial charge is 0.280 e. The van der Waals surface area contributed by atoms with Crippen molar-refractivity contribution in [1.29, 1.82) is 0 Å². The molecule has 32 heavy (non-hydrogen) atoms. The molecule has 0 atom stereocenters. The van der Waals surface area contributed by atoms with Gasteiger partial charge in [-0.2, -0.15) is 9.29 Å². The lowest BCUT2D eigenvalue weighted by atomic mass is 10.1. The molecule has 1 aliphatic rings. The maximum Gasteiger partial charge on any atom is 0.280 e. The third kappa shape index (κ3) is 4.60. The van der Waals surface area contributed by atoms with Gasteiger partial charge in [-0.05, 0) is 20.8 Å². The third-order valence-corrected chi connectivity index (χ3v) is 6.96. The van der Waals surface area contributed by atoms with Crippen LogP contribution in [0.2, 0.25) is 0 Å². The number of nitro groups is 2. The van der Waals surface area contributed by atoms with E-state index in [1.165, 1.54) is 6.92 Å². The number of nitrogens with one attached hydrogen (secondary N) is 1. The van der Waals surface area contributed by atoms with Crippen molar-refractivity contribution in [2.75, 3.05) is 42.9 Å². The number of aromatic nitrogens is 2. The zero-order valence-corrected chi connectivity index (χ0v) is 18.6. The number of hydrogen-bond donors (Lipinski definition) is 1. The van der Waals surface area contributed by atoms with Gasteiger partial charge < -0.3 is 10.2 Å². The van der Waals surface area contributed by atoms with E-state index < -0.39 is 36.1 Å². The predicted octanol–water partition coefficient (Wildman–Crippen LogP) is 1.85. The van der Waals surface area contributed by atoms with Gasteiger partial charge >= 0.3 is 0 Å². The Morgan fingerprint density at radius 1 is 1.00 bits per heavy atom. The fourth-order valence-corrected chi connectivity index (χ4v) is 4.89. The molecular weight excluding hydrogens is 442 g/mol. The lowest BCUT2D eigenvalue weighted by molar-refractivity contribution is -0.395. The molecule has 0 unspecified atom stereocenters. The molecule has 0 amide bonds. The number of rotatable bonds is 7. The summed E-state index contributed by atoms with van der Waals surface area (Å²) in [6, 6.07) is 3.55. The first-order valence-electron chi connectivity index (χ1n) is 9.82. The minimum absolute atomic E-state index is 0.0750. The van der Waals surface area contributed by atoms with E-state index in [0.29, 0.717) is 31.4 Å². The van der Waals surface area contributed by atoms with E-state index >= 15 is 0 Å². The van der Waals surface area contributed by atoms with Crippen molar-refractivity contribution in [2.45, 2.75) is 25.7 Å². The summed E-state index contributed by atoms with van der Waals surface area (Å²) in [7, 11) is -4.18. The van der Waals surface area contributed by atoms with Crippen LogP contribution in [0.25, 0.3) is 0 Å². The van der Waals surface area contributed by atoms with Crippen molar-refractivity contribution in [2.24, 2.45) is 0 Å². The van der Waals surface area contributed by atoms with Crippen LogP contribution in [0, 0.1) is 34.1 Å². The van der Waals surface area contributed by atoms with Gasteiger partial charge in [-0.3, -0.25) is 20.2 Å². The Hall–Kier alpha value is -3.39. The summed E-state index contributed by atoms with van der Waals surface area (Å²) in [6.45, 7) is 6.43. The van der Waals surface area contributed by atoms with Crippen molar-refractivity contribution >= 4 is 33.2 Å². The van der Waals surface area contributed by atoms with E-state index in [0.717, 1.165) is 22.1 Å². The summed E-state index contributed by atoms with van der Waals surface area (Å²) in [6.07, 6.45) is 0. The highest BCUT2D eigenvalue weighted by molar-refractivity contribution is 7.89. The number of sulfonamides is 1. The summed E-state index contributed by atoms with van der Waals surface area (Å²) in [5.41, 5.74) is -0.654. The average molecular weight is 465 g/mol. The number of nitro benzene ring substituents is 2. The maximum absolute atomic E-state index is 13.1. The molecule has 1 aromatic carbocycles. The van der Waals surface area contributed by atoms with E-state index in [1.54, 1.807) is 0 Å². The summed E-state index contributed by atoms with van der Waals surface area (Å²) in [5, 5.41) is 25.7. The van der Waals surface area contributed by atoms with Crippen molar-refractivity contribution in [3.63, 3.8) is 0 Å². The summed E-state index contributed by atoms with van der Waals surface area (Å²) < 4.78 is 27.4. The number of benzene rings is 1.